The van der Waals surface area contributed by atoms with E-state index in [9.17, 15) is 4.79 Å². The highest BCUT2D eigenvalue weighted by Crippen LogP contribution is 2.05. The van der Waals surface area contributed by atoms with Gasteiger partial charge < -0.3 is 10.5 Å². The quantitative estimate of drug-likeness (QED) is 0.769. The summed E-state index contributed by atoms with van der Waals surface area (Å²) in [5, 5.41) is 0. The average Bonchev–Trinajstić information content (AvgIpc) is 2.34. The number of benzene rings is 1. The van der Waals surface area contributed by atoms with Gasteiger partial charge in [0.05, 0.1) is 6.61 Å². The minimum absolute atomic E-state index is 0.297. The van der Waals surface area contributed by atoms with Crippen molar-refractivity contribution in [2.24, 2.45) is 11.7 Å². The summed E-state index contributed by atoms with van der Waals surface area (Å²) < 4.78 is 5.09. The van der Waals surface area contributed by atoms with Crippen molar-refractivity contribution < 1.29 is 9.53 Å². The topological polar surface area (TPSA) is 52.3 Å². The van der Waals surface area contributed by atoms with E-state index in [0.717, 1.165) is 6.42 Å². The van der Waals surface area contributed by atoms with Gasteiger partial charge in [-0.15, -0.1) is 0 Å². The molecular weight excluding hydrogens is 214 g/mol. The lowest BCUT2D eigenvalue weighted by molar-refractivity contribution is -0.146. The Labute approximate surface area is 103 Å². The molecule has 1 rings (SSSR count). The third-order valence-electron chi connectivity index (χ3n) is 2.45. The van der Waals surface area contributed by atoms with Gasteiger partial charge in [-0.3, -0.25) is 4.79 Å². The first-order chi connectivity index (χ1) is 8.09. The van der Waals surface area contributed by atoms with E-state index in [1.165, 1.54) is 5.56 Å². The molecule has 1 atom stereocenters. The van der Waals surface area contributed by atoms with Crippen LogP contribution in [0.1, 0.15) is 25.8 Å². The van der Waals surface area contributed by atoms with Crippen molar-refractivity contribution >= 4 is 5.97 Å². The summed E-state index contributed by atoms with van der Waals surface area (Å²) >= 11 is 0. The van der Waals surface area contributed by atoms with Gasteiger partial charge in [-0.25, -0.2) is 0 Å². The molecule has 0 amide bonds. The van der Waals surface area contributed by atoms with E-state index in [0.29, 0.717) is 18.9 Å². The number of nitrogens with two attached hydrogens (primary N) is 1. The van der Waals surface area contributed by atoms with Crippen LogP contribution in [0.4, 0.5) is 0 Å². The smallest absolute Gasteiger partial charge is 0.322 e. The highest BCUT2D eigenvalue weighted by Gasteiger charge is 2.15. The fraction of sp³-hybridized carbons (Fsp3) is 0.500. The summed E-state index contributed by atoms with van der Waals surface area (Å²) in [4.78, 5) is 11.5. The molecule has 1 aromatic rings. The predicted octanol–water partition coefficient (Wildman–Crippen LogP) is 2.15. The second kappa shape index (κ2) is 7.07. The molecule has 0 saturated heterocycles. The largest absolute Gasteiger partial charge is 0.464 e. The lowest BCUT2D eigenvalue weighted by atomic mass is 10.1. The Hall–Kier alpha value is -1.35. The SMILES string of the molecule is CC(C)COC(=O)C(N)CCc1ccccc1. The molecule has 1 unspecified atom stereocenters. The Balaban J connectivity index is 2.29. The minimum atomic E-state index is -0.519. The van der Waals surface area contributed by atoms with Gasteiger partial charge in [0.25, 0.3) is 0 Å². The second-order valence-corrected chi connectivity index (χ2v) is 4.65. The summed E-state index contributed by atoms with van der Waals surface area (Å²) in [5.41, 5.74) is 6.97. The Morgan fingerprint density at radius 3 is 2.53 bits per heavy atom. The summed E-state index contributed by atoms with van der Waals surface area (Å²) in [5.74, 6) is 0.0508. The van der Waals surface area contributed by atoms with Crippen molar-refractivity contribution in [3.05, 3.63) is 35.9 Å². The molecule has 0 fully saturated rings. The Morgan fingerprint density at radius 2 is 1.94 bits per heavy atom. The van der Waals surface area contributed by atoms with Crippen LogP contribution in [-0.4, -0.2) is 18.6 Å². The third kappa shape index (κ3) is 5.50. The fourth-order valence-electron chi connectivity index (χ4n) is 1.44. The van der Waals surface area contributed by atoms with Gasteiger partial charge in [0.2, 0.25) is 0 Å². The van der Waals surface area contributed by atoms with Crippen LogP contribution in [0.15, 0.2) is 30.3 Å². The molecule has 3 nitrogen and oxygen atoms in total. The molecule has 94 valence electrons. The molecular formula is C14H21NO2. The number of ether oxygens (including phenoxy) is 1. The van der Waals surface area contributed by atoms with Crippen LogP contribution in [0.3, 0.4) is 0 Å². The van der Waals surface area contributed by atoms with E-state index in [1.54, 1.807) is 0 Å². The number of rotatable bonds is 6. The molecule has 0 bridgehead atoms. The highest BCUT2D eigenvalue weighted by molar-refractivity contribution is 5.75. The Morgan fingerprint density at radius 1 is 1.29 bits per heavy atom. The van der Waals surface area contributed by atoms with Gasteiger partial charge in [0.1, 0.15) is 6.04 Å². The summed E-state index contributed by atoms with van der Waals surface area (Å²) in [6, 6.07) is 9.49. The highest BCUT2D eigenvalue weighted by atomic mass is 16.5. The number of hydrogen-bond acceptors (Lipinski definition) is 3. The predicted molar refractivity (Wildman–Crippen MR) is 68.5 cm³/mol. The zero-order valence-electron chi connectivity index (χ0n) is 10.6. The zero-order chi connectivity index (χ0) is 12.7. The van der Waals surface area contributed by atoms with E-state index in [1.807, 2.05) is 44.2 Å². The van der Waals surface area contributed by atoms with Gasteiger partial charge in [0.15, 0.2) is 0 Å². The van der Waals surface area contributed by atoms with E-state index in [4.69, 9.17) is 10.5 Å². The summed E-state index contributed by atoms with van der Waals surface area (Å²) in [6.07, 6.45) is 1.43. The van der Waals surface area contributed by atoms with Crippen molar-refractivity contribution in [3.63, 3.8) is 0 Å². The number of aryl methyl sites for hydroxylation is 1. The maximum Gasteiger partial charge on any atom is 0.322 e. The van der Waals surface area contributed by atoms with Crippen LogP contribution in [0.25, 0.3) is 0 Å². The van der Waals surface area contributed by atoms with Crippen LogP contribution < -0.4 is 5.73 Å². The standard InChI is InChI=1S/C14H21NO2/c1-11(2)10-17-14(16)13(15)9-8-12-6-4-3-5-7-12/h3-7,11,13H,8-10,15H2,1-2H3. The third-order valence-corrected chi connectivity index (χ3v) is 2.45. The minimum Gasteiger partial charge on any atom is -0.464 e. The normalized spacial score (nSPS) is 12.5. The average molecular weight is 235 g/mol. The van der Waals surface area contributed by atoms with Crippen molar-refractivity contribution in [1.29, 1.82) is 0 Å². The summed E-state index contributed by atoms with van der Waals surface area (Å²) in [6.45, 7) is 4.45. The molecule has 0 spiro atoms. The number of hydrogen-bond donors (Lipinski definition) is 1. The van der Waals surface area contributed by atoms with Gasteiger partial charge in [-0.2, -0.15) is 0 Å². The first-order valence-corrected chi connectivity index (χ1v) is 6.05. The van der Waals surface area contributed by atoms with Crippen LogP contribution in [0, 0.1) is 5.92 Å². The maximum atomic E-state index is 11.5. The lowest BCUT2D eigenvalue weighted by Gasteiger charge is -2.12. The monoisotopic (exact) mass is 235 g/mol. The lowest BCUT2D eigenvalue weighted by Crippen LogP contribution is -2.33. The van der Waals surface area contributed by atoms with E-state index in [2.05, 4.69) is 0 Å². The van der Waals surface area contributed by atoms with Crippen molar-refractivity contribution in [2.75, 3.05) is 6.61 Å². The number of esters is 1. The number of carbonyl (C=O) groups excluding carboxylic acids is 1. The molecule has 3 heteroatoms. The number of carbonyl (C=O) groups is 1. The molecule has 0 heterocycles. The zero-order valence-corrected chi connectivity index (χ0v) is 10.6. The van der Waals surface area contributed by atoms with Crippen molar-refractivity contribution in [3.8, 4) is 0 Å². The van der Waals surface area contributed by atoms with Gasteiger partial charge in [0, 0.05) is 0 Å². The van der Waals surface area contributed by atoms with E-state index in [-0.39, 0.29) is 5.97 Å². The molecule has 0 aliphatic heterocycles. The van der Waals surface area contributed by atoms with Gasteiger partial charge in [-0.1, -0.05) is 44.2 Å². The first-order valence-electron chi connectivity index (χ1n) is 6.05. The molecule has 0 saturated carbocycles. The summed E-state index contributed by atoms with van der Waals surface area (Å²) in [7, 11) is 0. The van der Waals surface area contributed by atoms with Crippen molar-refractivity contribution in [2.45, 2.75) is 32.7 Å². The van der Waals surface area contributed by atoms with Crippen molar-refractivity contribution in [1.82, 2.24) is 0 Å². The Bertz CT molecular complexity index is 335. The molecule has 0 radical (unpaired) electrons. The van der Waals surface area contributed by atoms with Gasteiger partial charge >= 0.3 is 5.97 Å². The molecule has 0 aromatic heterocycles. The molecule has 17 heavy (non-hydrogen) atoms. The first kappa shape index (κ1) is 13.7. The second-order valence-electron chi connectivity index (χ2n) is 4.65. The maximum absolute atomic E-state index is 11.5. The van der Waals surface area contributed by atoms with Crippen LogP contribution >= 0.6 is 0 Å². The van der Waals surface area contributed by atoms with Crippen LogP contribution in [0.2, 0.25) is 0 Å². The van der Waals surface area contributed by atoms with Crippen LogP contribution in [-0.2, 0) is 16.0 Å². The molecule has 0 aliphatic carbocycles. The van der Waals surface area contributed by atoms with Crippen LogP contribution in [0.5, 0.6) is 0 Å². The van der Waals surface area contributed by atoms with E-state index >= 15 is 0 Å². The Kier molecular flexibility index (Phi) is 5.70. The van der Waals surface area contributed by atoms with E-state index < -0.39 is 6.04 Å². The molecule has 0 aliphatic rings. The molecule has 1 aromatic carbocycles. The van der Waals surface area contributed by atoms with Gasteiger partial charge in [-0.05, 0) is 24.3 Å². The molecule has 2 N–H and O–H groups in total. The fourth-order valence-corrected chi connectivity index (χ4v) is 1.44.